The number of carboxylic acid groups (broad SMARTS) is 1. The smallest absolute Gasteiger partial charge is 0.416 e. The molecule has 0 fully saturated rings. The first kappa shape index (κ1) is 30.1. The monoisotopic (exact) mass is 634 g/mol. The van der Waals surface area contributed by atoms with Crippen LogP contribution in [0.25, 0.3) is 16.7 Å². The van der Waals surface area contributed by atoms with Gasteiger partial charge in [0.15, 0.2) is 0 Å². The van der Waals surface area contributed by atoms with E-state index in [-0.39, 0.29) is 28.3 Å². The second-order valence-electron chi connectivity index (χ2n) is 10.8. The number of amides is 1. The van der Waals surface area contributed by atoms with E-state index >= 15 is 0 Å². The van der Waals surface area contributed by atoms with Gasteiger partial charge in [-0.1, -0.05) is 53.2 Å². The average Bonchev–Trinajstić information content (AvgIpc) is 3.45. The van der Waals surface area contributed by atoms with Gasteiger partial charge in [0.2, 0.25) is 6.10 Å². The van der Waals surface area contributed by atoms with Gasteiger partial charge in [-0.05, 0) is 79.3 Å². The van der Waals surface area contributed by atoms with Crippen molar-refractivity contribution in [2.75, 3.05) is 0 Å². The van der Waals surface area contributed by atoms with Gasteiger partial charge in [0.1, 0.15) is 11.3 Å². The number of carbonyl (C=O) groups is 2. The van der Waals surface area contributed by atoms with Crippen LogP contribution in [0.4, 0.5) is 13.2 Å². The van der Waals surface area contributed by atoms with Crippen LogP contribution < -0.4 is 10.1 Å². The van der Waals surface area contributed by atoms with Crippen LogP contribution in [-0.2, 0) is 17.4 Å². The Hall–Kier alpha value is -4.90. The minimum Gasteiger partial charge on any atom is -0.478 e. The number of aromatic nitrogens is 3. The summed E-state index contributed by atoms with van der Waals surface area (Å²) in [5, 5.41) is 21.7. The summed E-state index contributed by atoms with van der Waals surface area (Å²) in [6, 6.07) is 19.6. The van der Waals surface area contributed by atoms with Crippen LogP contribution in [0.1, 0.15) is 63.2 Å². The molecule has 6 rings (SSSR count). The number of nitrogens with one attached hydrogen (secondary N) is 1. The second kappa shape index (κ2) is 11.9. The Bertz CT molecular complexity index is 1940. The molecule has 45 heavy (non-hydrogen) atoms. The molecule has 12 heteroatoms. The third-order valence-electron chi connectivity index (χ3n) is 7.93. The van der Waals surface area contributed by atoms with Crippen molar-refractivity contribution in [2.45, 2.75) is 44.5 Å². The number of rotatable bonds is 7. The van der Waals surface area contributed by atoms with E-state index in [4.69, 9.17) is 16.3 Å². The van der Waals surface area contributed by atoms with Crippen molar-refractivity contribution in [1.82, 2.24) is 20.3 Å². The van der Waals surface area contributed by atoms with Gasteiger partial charge in [-0.15, -0.1) is 5.10 Å². The van der Waals surface area contributed by atoms with Crippen molar-refractivity contribution in [1.29, 1.82) is 0 Å². The molecule has 8 nitrogen and oxygen atoms in total. The van der Waals surface area contributed by atoms with Gasteiger partial charge in [0, 0.05) is 17.2 Å². The van der Waals surface area contributed by atoms with Crippen molar-refractivity contribution >= 4 is 34.5 Å². The van der Waals surface area contributed by atoms with Gasteiger partial charge in [0.05, 0.1) is 27.8 Å². The van der Waals surface area contributed by atoms with E-state index in [1.54, 1.807) is 19.1 Å². The Morgan fingerprint density at radius 3 is 2.64 bits per heavy atom. The fourth-order valence-electron chi connectivity index (χ4n) is 5.69. The van der Waals surface area contributed by atoms with E-state index < -0.39 is 23.8 Å². The van der Waals surface area contributed by atoms with Gasteiger partial charge in [-0.25, -0.2) is 9.48 Å². The molecule has 0 spiro atoms. The first-order chi connectivity index (χ1) is 21.5. The lowest BCUT2D eigenvalue weighted by Crippen LogP contribution is -2.31. The number of hydrogen-bond acceptors (Lipinski definition) is 5. The number of nitrogens with zero attached hydrogens (tertiary/aromatic N) is 3. The molecule has 1 aliphatic carbocycles. The topological polar surface area (TPSA) is 106 Å². The first-order valence-electron chi connectivity index (χ1n) is 14.1. The largest absolute Gasteiger partial charge is 0.478 e. The lowest BCUT2D eigenvalue weighted by molar-refractivity contribution is -0.146. The summed E-state index contributed by atoms with van der Waals surface area (Å²) >= 11 is 6.50. The number of carbonyl (C=O) groups excluding carboxylic acids is 1. The van der Waals surface area contributed by atoms with E-state index in [0.29, 0.717) is 27.8 Å². The van der Waals surface area contributed by atoms with Crippen molar-refractivity contribution in [3.8, 4) is 11.4 Å². The maximum absolute atomic E-state index is 13.4. The van der Waals surface area contributed by atoms with Crippen LogP contribution in [0, 0.1) is 6.92 Å². The maximum Gasteiger partial charge on any atom is 0.416 e. The predicted octanol–water partition coefficient (Wildman–Crippen LogP) is 7.41. The summed E-state index contributed by atoms with van der Waals surface area (Å²) in [5.74, 6) is -1.67. The predicted molar refractivity (Wildman–Crippen MR) is 161 cm³/mol. The lowest BCUT2D eigenvalue weighted by atomic mass is 9.87. The highest BCUT2D eigenvalue weighted by molar-refractivity contribution is 6.32. The molecule has 2 N–H and O–H groups in total. The number of fused-ring (bicyclic) bond motifs is 2. The number of carboxylic acids is 1. The van der Waals surface area contributed by atoms with Crippen LogP contribution in [0.2, 0.25) is 5.02 Å². The number of hydrogen-bond donors (Lipinski definition) is 2. The van der Waals surface area contributed by atoms with Gasteiger partial charge in [-0.3, -0.25) is 4.79 Å². The quantitative estimate of drug-likeness (QED) is 0.193. The highest BCUT2D eigenvalue weighted by Crippen LogP contribution is 2.35. The molecule has 2 atom stereocenters. The molecule has 0 bridgehead atoms. The molecule has 2 unspecified atom stereocenters. The zero-order chi connectivity index (χ0) is 31.9. The fourth-order valence-corrected chi connectivity index (χ4v) is 5.89. The Morgan fingerprint density at radius 1 is 1.07 bits per heavy atom. The molecule has 230 valence electrons. The minimum absolute atomic E-state index is 0.0309. The number of alkyl halides is 3. The van der Waals surface area contributed by atoms with Crippen molar-refractivity contribution in [3.63, 3.8) is 0 Å². The minimum atomic E-state index is -4.65. The van der Waals surface area contributed by atoms with Crippen LogP contribution in [-0.4, -0.2) is 32.0 Å². The summed E-state index contributed by atoms with van der Waals surface area (Å²) in [4.78, 5) is 25.4. The Kier molecular flexibility index (Phi) is 7.96. The summed E-state index contributed by atoms with van der Waals surface area (Å²) in [5.41, 5.74) is 3.52. The summed E-state index contributed by atoms with van der Waals surface area (Å²) in [7, 11) is 0. The van der Waals surface area contributed by atoms with E-state index in [1.807, 2.05) is 18.2 Å². The van der Waals surface area contributed by atoms with E-state index in [2.05, 4.69) is 21.7 Å². The number of ether oxygens (including phenoxy) is 1. The Morgan fingerprint density at radius 2 is 1.87 bits per heavy atom. The molecule has 0 radical (unpaired) electrons. The molecule has 4 aromatic carbocycles. The van der Waals surface area contributed by atoms with Crippen LogP contribution in [0.5, 0.6) is 5.75 Å². The van der Waals surface area contributed by atoms with Crippen molar-refractivity contribution in [3.05, 3.63) is 117 Å². The first-order valence-corrected chi connectivity index (χ1v) is 14.5. The van der Waals surface area contributed by atoms with E-state index in [0.717, 1.165) is 43.0 Å². The summed E-state index contributed by atoms with van der Waals surface area (Å²) in [6.45, 7) is 1.78. The van der Waals surface area contributed by atoms with E-state index in [9.17, 15) is 27.9 Å². The molecule has 1 amide bonds. The van der Waals surface area contributed by atoms with Crippen LogP contribution in [0.3, 0.4) is 0 Å². The molecule has 0 saturated heterocycles. The zero-order valence-corrected chi connectivity index (χ0v) is 24.6. The van der Waals surface area contributed by atoms with Crippen LogP contribution >= 0.6 is 11.6 Å². The molecular weight excluding hydrogens is 609 g/mol. The molecule has 5 aromatic rings. The standard InChI is InChI=1S/C33H26ClF3N4O4/c1-18-23(31(42)38-26-11-5-7-19-6-2-3-10-24(19)26)13-15-27-29(18)39-40-41(27)28-17-22(12-14-25(28)34)45-30(32(43)44)20-8-4-9-21(16-20)33(35,36)37/h2-4,6,8-10,12-17,26,30H,5,7,11H2,1H3,(H,38,42)(H,43,44). The number of aliphatic carboxylic acids is 1. The Balaban J connectivity index is 1.28. The average molecular weight is 635 g/mol. The molecule has 1 aliphatic rings. The van der Waals surface area contributed by atoms with E-state index in [1.165, 1.54) is 34.5 Å². The van der Waals surface area contributed by atoms with Crippen molar-refractivity contribution in [2.24, 2.45) is 0 Å². The molecular formula is C33H26ClF3N4O4. The molecule has 0 saturated carbocycles. The summed E-state index contributed by atoms with van der Waals surface area (Å²) in [6.07, 6.45) is -3.58. The van der Waals surface area contributed by atoms with Gasteiger partial charge < -0.3 is 15.2 Å². The molecule has 0 aliphatic heterocycles. The highest BCUT2D eigenvalue weighted by Gasteiger charge is 2.32. The van der Waals surface area contributed by atoms with Gasteiger partial charge in [-0.2, -0.15) is 13.2 Å². The highest BCUT2D eigenvalue weighted by atomic mass is 35.5. The zero-order valence-electron chi connectivity index (χ0n) is 23.8. The maximum atomic E-state index is 13.4. The normalized spacial score (nSPS) is 15.4. The van der Waals surface area contributed by atoms with Gasteiger partial charge in [0.25, 0.3) is 5.91 Å². The Labute approximate surface area is 260 Å². The fraction of sp³-hybridized carbons (Fsp3) is 0.212. The third kappa shape index (κ3) is 5.95. The molecule has 1 aromatic heterocycles. The molecule has 1 heterocycles. The lowest BCUT2D eigenvalue weighted by Gasteiger charge is -2.26. The van der Waals surface area contributed by atoms with Crippen LogP contribution in [0.15, 0.2) is 78.9 Å². The number of benzene rings is 4. The summed E-state index contributed by atoms with van der Waals surface area (Å²) < 4.78 is 46.9. The van der Waals surface area contributed by atoms with Crippen molar-refractivity contribution < 1.29 is 32.6 Å². The SMILES string of the molecule is Cc1c(C(=O)NC2CCCc3ccccc32)ccc2c1nnn2-c1cc(OC(C(=O)O)c2cccc(C(F)(F)F)c2)ccc1Cl. The second-order valence-corrected chi connectivity index (χ2v) is 11.2. The van der Waals surface area contributed by atoms with Gasteiger partial charge >= 0.3 is 12.1 Å². The number of halogens is 4. The third-order valence-corrected chi connectivity index (χ3v) is 8.25. The number of aryl methyl sites for hydroxylation is 2.